The van der Waals surface area contributed by atoms with Crippen molar-refractivity contribution in [2.75, 3.05) is 13.2 Å². The summed E-state index contributed by atoms with van der Waals surface area (Å²) in [7, 11) is 0. The first kappa shape index (κ1) is 30.9. The van der Waals surface area contributed by atoms with Crippen molar-refractivity contribution in [3.8, 4) is 5.75 Å². The van der Waals surface area contributed by atoms with Gasteiger partial charge in [0.05, 0.1) is 37.4 Å². The highest BCUT2D eigenvalue weighted by Gasteiger charge is 2.35. The number of carbonyl (C=O) groups excluding carboxylic acids is 1. The van der Waals surface area contributed by atoms with Gasteiger partial charge in [-0.2, -0.15) is 0 Å². The number of nitrogens with zero attached hydrogens (tertiary/aromatic N) is 2. The molecule has 0 bridgehead atoms. The smallest absolute Gasteiger partial charge is 0.338 e. The Morgan fingerprint density at radius 1 is 1.09 bits per heavy atom. The maximum atomic E-state index is 14.2. The van der Waals surface area contributed by atoms with Crippen LogP contribution >= 0.6 is 43.2 Å². The van der Waals surface area contributed by atoms with Crippen molar-refractivity contribution < 1.29 is 14.3 Å². The number of hydrogen-bond acceptors (Lipinski definition) is 6. The van der Waals surface area contributed by atoms with Gasteiger partial charge in [0.1, 0.15) is 12.4 Å². The Morgan fingerprint density at radius 3 is 2.37 bits per heavy atom. The van der Waals surface area contributed by atoms with E-state index in [4.69, 9.17) is 14.5 Å². The van der Waals surface area contributed by atoms with Gasteiger partial charge < -0.3 is 9.47 Å². The van der Waals surface area contributed by atoms with Gasteiger partial charge in [0.15, 0.2) is 4.80 Å². The molecule has 1 atom stereocenters. The second kappa shape index (κ2) is 13.4. The fourth-order valence-corrected chi connectivity index (χ4v) is 7.37. The minimum absolute atomic E-state index is 0.199. The van der Waals surface area contributed by atoms with E-state index in [1.54, 1.807) is 17.6 Å². The maximum Gasteiger partial charge on any atom is 0.338 e. The van der Waals surface area contributed by atoms with E-state index < -0.39 is 12.0 Å². The molecule has 1 aromatic heterocycles. The van der Waals surface area contributed by atoms with Crippen LogP contribution in [0.3, 0.4) is 0 Å². The van der Waals surface area contributed by atoms with Crippen molar-refractivity contribution in [2.45, 2.75) is 32.7 Å². The zero-order chi connectivity index (χ0) is 30.7. The number of fused-ring (bicyclic) bond motifs is 1. The lowest BCUT2D eigenvalue weighted by Gasteiger charge is -2.26. The van der Waals surface area contributed by atoms with Crippen LogP contribution in [0, 0.1) is 0 Å². The Balaban J connectivity index is 1.76. The summed E-state index contributed by atoms with van der Waals surface area (Å²) >= 11 is 8.44. The number of esters is 1. The molecule has 0 saturated carbocycles. The van der Waals surface area contributed by atoms with E-state index in [1.165, 1.54) is 11.3 Å². The first-order chi connectivity index (χ1) is 20.7. The van der Waals surface area contributed by atoms with E-state index in [0.717, 1.165) is 31.2 Å². The Labute approximate surface area is 271 Å². The highest BCUT2D eigenvalue weighted by Crippen LogP contribution is 2.37. The van der Waals surface area contributed by atoms with Crippen molar-refractivity contribution in [3.05, 3.63) is 136 Å². The number of thiazole rings is 1. The van der Waals surface area contributed by atoms with E-state index in [2.05, 4.69) is 52.3 Å². The van der Waals surface area contributed by atoms with E-state index in [1.807, 2.05) is 72.8 Å². The quantitative estimate of drug-likeness (QED) is 0.136. The van der Waals surface area contributed by atoms with Gasteiger partial charge in [-0.25, -0.2) is 9.79 Å². The number of hydrogen-bond donors (Lipinski definition) is 0. The summed E-state index contributed by atoms with van der Waals surface area (Å²) in [6, 6.07) is 20.7. The van der Waals surface area contributed by atoms with Gasteiger partial charge in [0.25, 0.3) is 5.56 Å². The molecular weight excluding hydrogens is 692 g/mol. The van der Waals surface area contributed by atoms with Crippen molar-refractivity contribution in [2.24, 2.45) is 4.99 Å². The predicted octanol–water partition coefficient (Wildman–Crippen LogP) is 7.15. The number of carbonyl (C=O) groups is 1. The van der Waals surface area contributed by atoms with Crippen LogP contribution in [0.4, 0.5) is 0 Å². The molecule has 0 unspecified atom stereocenters. The molecule has 9 heteroatoms. The molecule has 43 heavy (non-hydrogen) atoms. The monoisotopic (exact) mass is 720 g/mol. The van der Waals surface area contributed by atoms with Crippen molar-refractivity contribution in [1.82, 2.24) is 4.57 Å². The van der Waals surface area contributed by atoms with Gasteiger partial charge in [0.2, 0.25) is 0 Å². The SMILES string of the molecule is C=CCOc1c(Br)cc(/C=c2\sc3n(c2=O)[C@H](c2ccc(C(C)C)cc2)C(C(=O)OCC)=C(c2ccccc2)N=3)cc1Br. The van der Waals surface area contributed by atoms with Gasteiger partial charge in [-0.05, 0) is 79.6 Å². The molecule has 220 valence electrons. The third-order valence-electron chi connectivity index (χ3n) is 6.96. The third kappa shape index (κ3) is 6.39. The summed E-state index contributed by atoms with van der Waals surface area (Å²) in [5.74, 6) is 0.485. The topological polar surface area (TPSA) is 69.9 Å². The minimum Gasteiger partial charge on any atom is -0.487 e. The highest BCUT2D eigenvalue weighted by atomic mass is 79.9. The number of benzene rings is 3. The molecule has 0 fully saturated rings. The lowest BCUT2D eigenvalue weighted by atomic mass is 9.91. The van der Waals surface area contributed by atoms with Crippen LogP contribution in [-0.4, -0.2) is 23.8 Å². The summed E-state index contributed by atoms with van der Waals surface area (Å²) in [4.78, 5) is 33.3. The Hall–Kier alpha value is -3.53. The van der Waals surface area contributed by atoms with E-state index in [0.29, 0.717) is 38.9 Å². The molecular formula is C34H30Br2N2O4S. The van der Waals surface area contributed by atoms with Crippen LogP contribution in [0.25, 0.3) is 11.8 Å². The number of rotatable bonds is 9. The molecule has 6 nitrogen and oxygen atoms in total. The van der Waals surface area contributed by atoms with Crippen molar-refractivity contribution in [1.29, 1.82) is 0 Å². The molecule has 2 heterocycles. The molecule has 0 amide bonds. The number of ether oxygens (including phenoxy) is 2. The second-order valence-electron chi connectivity index (χ2n) is 10.2. The normalized spacial score (nSPS) is 14.8. The average Bonchev–Trinajstić information content (AvgIpc) is 3.30. The van der Waals surface area contributed by atoms with Crippen LogP contribution < -0.4 is 19.6 Å². The second-order valence-corrected chi connectivity index (χ2v) is 12.9. The molecule has 4 aromatic rings. The average molecular weight is 722 g/mol. The fraction of sp³-hybridized carbons (Fsp3) is 0.206. The minimum atomic E-state index is -0.720. The third-order valence-corrected chi connectivity index (χ3v) is 9.12. The molecule has 0 aliphatic carbocycles. The summed E-state index contributed by atoms with van der Waals surface area (Å²) in [6.07, 6.45) is 3.50. The fourth-order valence-electron chi connectivity index (χ4n) is 4.91. The zero-order valence-corrected chi connectivity index (χ0v) is 28.0. The van der Waals surface area contributed by atoms with Gasteiger partial charge in [-0.3, -0.25) is 9.36 Å². The molecule has 1 aliphatic heterocycles. The van der Waals surface area contributed by atoms with Crippen LogP contribution in [0.1, 0.15) is 55.0 Å². The van der Waals surface area contributed by atoms with E-state index in [-0.39, 0.29) is 12.2 Å². The standard InChI is InChI=1S/C34H30Br2N2O4S/c1-5-16-42-31-25(35)17-21(18-26(31)36)19-27-32(39)38-30(24-14-12-22(13-15-24)20(3)4)28(33(40)41-6-2)29(37-34(38)43-27)23-10-8-7-9-11-23/h5,7-15,17-20,30H,1,6,16H2,2-4H3/b27-19-/t30-/m1/s1. The lowest BCUT2D eigenvalue weighted by Crippen LogP contribution is -2.40. The lowest BCUT2D eigenvalue weighted by molar-refractivity contribution is -0.138. The Morgan fingerprint density at radius 2 is 1.77 bits per heavy atom. The summed E-state index contributed by atoms with van der Waals surface area (Å²) in [5.41, 5.74) is 4.12. The highest BCUT2D eigenvalue weighted by molar-refractivity contribution is 9.11. The van der Waals surface area contributed by atoms with Crippen LogP contribution in [0.5, 0.6) is 5.75 Å². The summed E-state index contributed by atoms with van der Waals surface area (Å²) < 4.78 is 14.9. The number of aromatic nitrogens is 1. The molecule has 0 spiro atoms. The Kier molecular flexibility index (Phi) is 9.64. The predicted molar refractivity (Wildman–Crippen MR) is 179 cm³/mol. The van der Waals surface area contributed by atoms with Crippen molar-refractivity contribution >= 4 is 60.9 Å². The van der Waals surface area contributed by atoms with E-state index >= 15 is 0 Å². The maximum absolute atomic E-state index is 14.2. The summed E-state index contributed by atoms with van der Waals surface area (Å²) in [5, 5.41) is 0. The number of halogens is 2. The molecule has 0 radical (unpaired) electrons. The molecule has 0 N–H and O–H groups in total. The van der Waals surface area contributed by atoms with Crippen LogP contribution in [-0.2, 0) is 9.53 Å². The van der Waals surface area contributed by atoms with Gasteiger partial charge in [-0.15, -0.1) is 0 Å². The van der Waals surface area contributed by atoms with Gasteiger partial charge >= 0.3 is 5.97 Å². The van der Waals surface area contributed by atoms with Gasteiger partial charge in [0, 0.05) is 5.56 Å². The Bertz CT molecular complexity index is 1870. The van der Waals surface area contributed by atoms with E-state index in [9.17, 15) is 9.59 Å². The largest absolute Gasteiger partial charge is 0.487 e. The molecule has 1 aliphatic rings. The van der Waals surface area contributed by atoms with Crippen LogP contribution in [0.15, 0.2) is 104 Å². The van der Waals surface area contributed by atoms with Gasteiger partial charge in [-0.1, -0.05) is 92.4 Å². The molecule has 5 rings (SSSR count). The van der Waals surface area contributed by atoms with Crippen LogP contribution in [0.2, 0.25) is 0 Å². The zero-order valence-electron chi connectivity index (χ0n) is 24.0. The molecule has 0 saturated heterocycles. The first-order valence-corrected chi connectivity index (χ1v) is 16.2. The van der Waals surface area contributed by atoms with Crippen molar-refractivity contribution in [3.63, 3.8) is 0 Å². The first-order valence-electron chi connectivity index (χ1n) is 13.8. The summed E-state index contributed by atoms with van der Waals surface area (Å²) in [6.45, 7) is 10.3. The molecule has 3 aromatic carbocycles.